The van der Waals surface area contributed by atoms with Crippen LogP contribution in [0.5, 0.6) is 5.88 Å². The van der Waals surface area contributed by atoms with Gasteiger partial charge in [-0.15, -0.1) is 0 Å². The largest absolute Gasteiger partial charge is 0.481 e. The van der Waals surface area contributed by atoms with Crippen LogP contribution < -0.4 is 10.4 Å². The molecule has 0 amide bonds. The van der Waals surface area contributed by atoms with Gasteiger partial charge in [0.15, 0.2) is 0 Å². The van der Waals surface area contributed by atoms with Crippen LogP contribution in [-0.2, 0) is 25.4 Å². The molecule has 4 aromatic heterocycles. The second-order valence-corrected chi connectivity index (χ2v) is 8.00. The van der Waals surface area contributed by atoms with Crippen molar-refractivity contribution in [1.82, 2.24) is 28.9 Å². The van der Waals surface area contributed by atoms with Crippen molar-refractivity contribution in [3.8, 4) is 22.7 Å². The van der Waals surface area contributed by atoms with E-state index in [0.29, 0.717) is 12.5 Å². The fourth-order valence-electron chi connectivity index (χ4n) is 4.31. The number of imidazole rings is 1. The van der Waals surface area contributed by atoms with Gasteiger partial charge in [0.25, 0.3) is 0 Å². The van der Waals surface area contributed by atoms with Crippen LogP contribution >= 0.6 is 0 Å². The first kappa shape index (κ1) is 20.9. The molecule has 9 nitrogen and oxygen atoms in total. The van der Waals surface area contributed by atoms with Crippen molar-refractivity contribution in [2.24, 2.45) is 14.1 Å². The molecule has 5 aromatic rings. The summed E-state index contributed by atoms with van der Waals surface area (Å²) in [5, 5.41) is 5.30. The minimum atomic E-state index is -0.144. The van der Waals surface area contributed by atoms with Crippen LogP contribution in [0.25, 0.3) is 38.8 Å². The highest BCUT2D eigenvalue weighted by Crippen LogP contribution is 2.31. The van der Waals surface area contributed by atoms with E-state index in [1.807, 2.05) is 44.4 Å². The van der Waals surface area contributed by atoms with E-state index in [1.54, 1.807) is 47.5 Å². The quantitative estimate of drug-likeness (QED) is 0.414. The van der Waals surface area contributed by atoms with Crippen LogP contribution in [0.15, 0.2) is 47.7 Å². The van der Waals surface area contributed by atoms with Crippen LogP contribution in [0.4, 0.5) is 0 Å². The Balaban J connectivity index is 1.80. The van der Waals surface area contributed by atoms with E-state index in [2.05, 4.69) is 15.1 Å². The third-order valence-electron chi connectivity index (χ3n) is 5.86. The Morgan fingerprint density at radius 3 is 2.55 bits per heavy atom. The lowest BCUT2D eigenvalue weighted by atomic mass is 10.0. The monoisotopic (exact) mass is 444 g/mol. The highest BCUT2D eigenvalue weighted by Gasteiger charge is 2.19. The average molecular weight is 444 g/mol. The van der Waals surface area contributed by atoms with Crippen molar-refractivity contribution in [2.75, 3.05) is 14.2 Å². The number of fused-ring (bicyclic) bond motifs is 3. The molecule has 0 spiro atoms. The maximum absolute atomic E-state index is 13.3. The van der Waals surface area contributed by atoms with Crippen LogP contribution in [0, 0.1) is 6.92 Å². The van der Waals surface area contributed by atoms with Crippen LogP contribution in [0.3, 0.4) is 0 Å². The Morgan fingerprint density at radius 1 is 1.03 bits per heavy atom. The summed E-state index contributed by atoms with van der Waals surface area (Å²) in [4.78, 5) is 22.3. The lowest BCUT2D eigenvalue weighted by molar-refractivity contribution is 0.181. The number of nitrogens with zero attached hydrogens (tertiary/aromatic N) is 6. The second-order valence-electron chi connectivity index (χ2n) is 8.00. The summed E-state index contributed by atoms with van der Waals surface area (Å²) in [7, 11) is 6.84. The topological polar surface area (TPSA) is 89.0 Å². The zero-order valence-corrected chi connectivity index (χ0v) is 19.2. The Hall–Kier alpha value is -3.98. The molecule has 0 radical (unpaired) electrons. The van der Waals surface area contributed by atoms with Crippen molar-refractivity contribution < 1.29 is 9.47 Å². The lowest BCUT2D eigenvalue weighted by Gasteiger charge is -2.10. The molecule has 0 unspecified atom stereocenters. The molecule has 0 aliphatic carbocycles. The van der Waals surface area contributed by atoms with E-state index in [0.717, 1.165) is 50.0 Å². The summed E-state index contributed by atoms with van der Waals surface area (Å²) >= 11 is 0. The summed E-state index contributed by atoms with van der Waals surface area (Å²) < 4.78 is 15.7. The third kappa shape index (κ3) is 3.28. The third-order valence-corrected chi connectivity index (χ3v) is 5.86. The van der Waals surface area contributed by atoms with Gasteiger partial charge in [-0.3, -0.25) is 18.8 Å². The number of benzene rings is 1. The number of pyridine rings is 2. The fraction of sp³-hybridized carbons (Fsp3) is 0.250. The van der Waals surface area contributed by atoms with Crippen molar-refractivity contribution in [3.63, 3.8) is 0 Å². The normalized spacial score (nSPS) is 11.5. The van der Waals surface area contributed by atoms with Gasteiger partial charge in [-0.1, -0.05) is 6.07 Å². The van der Waals surface area contributed by atoms with Crippen molar-refractivity contribution in [3.05, 3.63) is 64.6 Å². The zero-order chi connectivity index (χ0) is 23.3. The van der Waals surface area contributed by atoms with E-state index >= 15 is 0 Å². The molecule has 1 aromatic carbocycles. The maximum Gasteiger partial charge on any atom is 0.333 e. The molecule has 0 N–H and O–H groups in total. The van der Waals surface area contributed by atoms with E-state index in [1.165, 1.54) is 0 Å². The standard InChI is InChI=1S/C24H24N6O3/c1-14-21(12-28(2)27-14)30-22-18-9-15(16-8-17(13-32-4)23(33-5)26-10-16)6-7-19(18)25-11-20(22)29(3)24(30)31/h6-12H,13H2,1-5H3. The smallest absolute Gasteiger partial charge is 0.333 e. The summed E-state index contributed by atoms with van der Waals surface area (Å²) in [5.74, 6) is 0.536. The van der Waals surface area contributed by atoms with Gasteiger partial charge in [0, 0.05) is 50.1 Å². The molecule has 0 saturated heterocycles. The predicted molar refractivity (Wildman–Crippen MR) is 126 cm³/mol. The Labute approximate surface area is 189 Å². The van der Waals surface area contributed by atoms with Crippen LogP contribution in [0.2, 0.25) is 0 Å². The number of hydrogen-bond donors (Lipinski definition) is 0. The molecule has 0 fully saturated rings. The van der Waals surface area contributed by atoms with Gasteiger partial charge in [-0.25, -0.2) is 9.78 Å². The molecule has 4 heterocycles. The molecular formula is C24H24N6O3. The molecule has 33 heavy (non-hydrogen) atoms. The number of hydrogen-bond acceptors (Lipinski definition) is 6. The Kier molecular flexibility index (Phi) is 4.98. The van der Waals surface area contributed by atoms with E-state index < -0.39 is 0 Å². The van der Waals surface area contributed by atoms with Gasteiger partial charge in [0.1, 0.15) is 0 Å². The SMILES string of the molecule is COCc1cc(-c2ccc3ncc4c(c3c2)n(-c2cn(C)nc2C)c(=O)n4C)cnc1OC. The highest BCUT2D eigenvalue weighted by molar-refractivity contribution is 6.04. The molecule has 168 valence electrons. The fourth-order valence-corrected chi connectivity index (χ4v) is 4.31. The van der Waals surface area contributed by atoms with Crippen molar-refractivity contribution >= 4 is 21.9 Å². The highest BCUT2D eigenvalue weighted by atomic mass is 16.5. The predicted octanol–water partition coefficient (Wildman–Crippen LogP) is 3.14. The van der Waals surface area contributed by atoms with E-state index in [4.69, 9.17) is 9.47 Å². The Bertz CT molecular complexity index is 1580. The number of aromatic nitrogens is 6. The summed E-state index contributed by atoms with van der Waals surface area (Å²) in [6.07, 6.45) is 5.37. The van der Waals surface area contributed by atoms with E-state index in [-0.39, 0.29) is 5.69 Å². The van der Waals surface area contributed by atoms with E-state index in [9.17, 15) is 4.79 Å². The molecule has 0 atom stereocenters. The molecule has 0 bridgehead atoms. The first-order valence-electron chi connectivity index (χ1n) is 10.5. The number of methoxy groups -OCH3 is 2. The molecule has 0 saturated carbocycles. The molecule has 9 heteroatoms. The molecule has 5 rings (SSSR count). The summed E-state index contributed by atoms with van der Waals surface area (Å²) in [6, 6.07) is 8.02. The van der Waals surface area contributed by atoms with Gasteiger partial charge in [0.05, 0.1) is 47.8 Å². The molecule has 0 aliphatic rings. The van der Waals surface area contributed by atoms with Crippen LogP contribution in [-0.4, -0.2) is 43.1 Å². The minimum absolute atomic E-state index is 0.144. The average Bonchev–Trinajstić information content (AvgIpc) is 3.28. The molecule has 0 aliphatic heterocycles. The number of aryl methyl sites for hydroxylation is 3. The lowest BCUT2D eigenvalue weighted by Crippen LogP contribution is -2.21. The van der Waals surface area contributed by atoms with Gasteiger partial charge in [-0.2, -0.15) is 5.10 Å². The summed E-state index contributed by atoms with van der Waals surface area (Å²) in [6.45, 7) is 2.29. The summed E-state index contributed by atoms with van der Waals surface area (Å²) in [5.41, 5.74) is 6.46. The minimum Gasteiger partial charge on any atom is -0.481 e. The van der Waals surface area contributed by atoms with Crippen molar-refractivity contribution in [2.45, 2.75) is 13.5 Å². The maximum atomic E-state index is 13.3. The Morgan fingerprint density at radius 2 is 1.85 bits per heavy atom. The second kappa shape index (κ2) is 7.86. The first-order valence-corrected chi connectivity index (χ1v) is 10.5. The van der Waals surface area contributed by atoms with Gasteiger partial charge in [-0.05, 0) is 30.7 Å². The van der Waals surface area contributed by atoms with Gasteiger partial charge in [0.2, 0.25) is 5.88 Å². The number of rotatable bonds is 5. The first-order chi connectivity index (χ1) is 15.9. The van der Waals surface area contributed by atoms with Crippen LogP contribution in [0.1, 0.15) is 11.3 Å². The van der Waals surface area contributed by atoms with Crippen molar-refractivity contribution in [1.29, 1.82) is 0 Å². The zero-order valence-electron chi connectivity index (χ0n) is 19.2. The van der Waals surface area contributed by atoms with Gasteiger partial charge < -0.3 is 9.47 Å². The molecular weight excluding hydrogens is 420 g/mol. The van der Waals surface area contributed by atoms with Gasteiger partial charge >= 0.3 is 5.69 Å². The number of ether oxygens (including phenoxy) is 2.